The Morgan fingerprint density at radius 1 is 1.26 bits per heavy atom. The van der Waals surface area contributed by atoms with Gasteiger partial charge in [0.25, 0.3) is 0 Å². The van der Waals surface area contributed by atoms with Crippen LogP contribution in [-0.2, 0) is 6.42 Å². The fourth-order valence-corrected chi connectivity index (χ4v) is 3.54. The minimum atomic E-state index is 0.518. The SMILES string of the molecule is CCNC(Cc1cccc(Cl)c1Cl)CC1CCCC1. The molecular weight excluding hydrogens is 277 g/mol. The van der Waals surface area contributed by atoms with Gasteiger partial charge in [0, 0.05) is 6.04 Å². The molecule has 0 amide bonds. The van der Waals surface area contributed by atoms with E-state index in [1.807, 2.05) is 12.1 Å². The van der Waals surface area contributed by atoms with Gasteiger partial charge in [-0.15, -0.1) is 0 Å². The van der Waals surface area contributed by atoms with Crippen LogP contribution in [0, 0.1) is 5.92 Å². The minimum Gasteiger partial charge on any atom is -0.314 e. The molecule has 0 radical (unpaired) electrons. The van der Waals surface area contributed by atoms with Crippen molar-refractivity contribution in [2.45, 2.75) is 51.5 Å². The van der Waals surface area contributed by atoms with Crippen molar-refractivity contribution in [1.82, 2.24) is 5.32 Å². The van der Waals surface area contributed by atoms with E-state index in [0.29, 0.717) is 11.1 Å². The van der Waals surface area contributed by atoms with E-state index in [1.165, 1.54) is 32.1 Å². The van der Waals surface area contributed by atoms with Gasteiger partial charge in [-0.1, -0.05) is 67.9 Å². The lowest BCUT2D eigenvalue weighted by Gasteiger charge is -2.22. The molecule has 1 nitrogen and oxygen atoms in total. The van der Waals surface area contributed by atoms with E-state index >= 15 is 0 Å². The molecule has 19 heavy (non-hydrogen) atoms. The largest absolute Gasteiger partial charge is 0.314 e. The van der Waals surface area contributed by atoms with Crippen LogP contribution in [0.15, 0.2) is 18.2 Å². The zero-order chi connectivity index (χ0) is 13.7. The Bertz CT molecular complexity index is 400. The van der Waals surface area contributed by atoms with Gasteiger partial charge in [0.1, 0.15) is 0 Å². The summed E-state index contributed by atoms with van der Waals surface area (Å²) >= 11 is 12.4. The summed E-state index contributed by atoms with van der Waals surface area (Å²) in [7, 11) is 0. The number of halogens is 2. The Labute approximate surface area is 126 Å². The molecule has 106 valence electrons. The third-order valence-electron chi connectivity index (χ3n) is 4.08. The molecule has 1 N–H and O–H groups in total. The Kier molecular flexibility index (Phi) is 6.00. The lowest BCUT2D eigenvalue weighted by atomic mass is 9.94. The average Bonchev–Trinajstić information content (AvgIpc) is 2.88. The van der Waals surface area contributed by atoms with Crippen molar-refractivity contribution in [2.75, 3.05) is 6.54 Å². The van der Waals surface area contributed by atoms with E-state index in [2.05, 4.69) is 18.3 Å². The molecule has 2 rings (SSSR count). The molecular formula is C16H23Cl2N. The quantitative estimate of drug-likeness (QED) is 0.771. The summed E-state index contributed by atoms with van der Waals surface area (Å²) in [5.41, 5.74) is 1.16. The third kappa shape index (κ3) is 4.37. The van der Waals surface area contributed by atoms with Gasteiger partial charge in [-0.05, 0) is 36.9 Å². The first-order chi connectivity index (χ1) is 9.20. The Morgan fingerprint density at radius 2 is 2.00 bits per heavy atom. The first kappa shape index (κ1) is 15.2. The average molecular weight is 300 g/mol. The van der Waals surface area contributed by atoms with Crippen LogP contribution >= 0.6 is 23.2 Å². The second-order valence-corrected chi connectivity index (χ2v) is 6.34. The standard InChI is InChI=1S/C16H23Cl2N/c1-2-19-14(10-12-6-3-4-7-12)11-13-8-5-9-15(17)16(13)18/h5,8-9,12,14,19H,2-4,6-7,10-11H2,1H3. The Balaban J connectivity index is 2.00. The monoisotopic (exact) mass is 299 g/mol. The highest BCUT2D eigenvalue weighted by atomic mass is 35.5. The van der Waals surface area contributed by atoms with Crippen molar-refractivity contribution in [3.05, 3.63) is 33.8 Å². The summed E-state index contributed by atoms with van der Waals surface area (Å²) in [6.45, 7) is 3.18. The zero-order valence-corrected chi connectivity index (χ0v) is 13.1. The van der Waals surface area contributed by atoms with Crippen LogP contribution in [0.3, 0.4) is 0 Å². The minimum absolute atomic E-state index is 0.518. The van der Waals surface area contributed by atoms with Gasteiger partial charge in [0.05, 0.1) is 10.0 Å². The van der Waals surface area contributed by atoms with Crippen molar-refractivity contribution < 1.29 is 0 Å². The zero-order valence-electron chi connectivity index (χ0n) is 11.6. The van der Waals surface area contributed by atoms with Crippen LogP contribution in [0.4, 0.5) is 0 Å². The number of hydrogen-bond acceptors (Lipinski definition) is 1. The van der Waals surface area contributed by atoms with Gasteiger partial charge in [-0.2, -0.15) is 0 Å². The van der Waals surface area contributed by atoms with Gasteiger partial charge in [0.2, 0.25) is 0 Å². The highest BCUT2D eigenvalue weighted by Crippen LogP contribution is 2.31. The van der Waals surface area contributed by atoms with Crippen LogP contribution in [0.2, 0.25) is 10.0 Å². The van der Waals surface area contributed by atoms with E-state index in [1.54, 1.807) is 0 Å². The molecule has 0 aromatic heterocycles. The normalized spacial score (nSPS) is 17.8. The predicted molar refractivity (Wildman–Crippen MR) is 84.2 cm³/mol. The van der Waals surface area contributed by atoms with Gasteiger partial charge >= 0.3 is 0 Å². The molecule has 1 aliphatic carbocycles. The van der Waals surface area contributed by atoms with Crippen molar-refractivity contribution in [2.24, 2.45) is 5.92 Å². The summed E-state index contributed by atoms with van der Waals surface area (Å²) in [4.78, 5) is 0. The maximum atomic E-state index is 6.29. The third-order valence-corrected chi connectivity index (χ3v) is 4.94. The molecule has 1 aromatic carbocycles. The highest BCUT2D eigenvalue weighted by Gasteiger charge is 2.20. The molecule has 0 bridgehead atoms. The first-order valence-electron chi connectivity index (χ1n) is 7.37. The molecule has 1 aromatic rings. The van der Waals surface area contributed by atoms with Crippen LogP contribution in [0.25, 0.3) is 0 Å². The number of likely N-dealkylation sites (N-methyl/N-ethyl adjacent to an activating group) is 1. The number of nitrogens with one attached hydrogen (secondary N) is 1. The van der Waals surface area contributed by atoms with E-state index in [0.717, 1.165) is 29.5 Å². The summed E-state index contributed by atoms with van der Waals surface area (Å²) in [6.07, 6.45) is 7.83. The van der Waals surface area contributed by atoms with Gasteiger partial charge in [-0.3, -0.25) is 0 Å². The second-order valence-electron chi connectivity index (χ2n) is 5.56. The predicted octanol–water partition coefficient (Wildman–Crippen LogP) is 5.09. The van der Waals surface area contributed by atoms with Gasteiger partial charge in [0.15, 0.2) is 0 Å². The van der Waals surface area contributed by atoms with Gasteiger partial charge in [-0.25, -0.2) is 0 Å². The van der Waals surface area contributed by atoms with Crippen molar-refractivity contribution in [3.8, 4) is 0 Å². The molecule has 1 aliphatic rings. The molecule has 0 aliphatic heterocycles. The van der Waals surface area contributed by atoms with Gasteiger partial charge < -0.3 is 5.32 Å². The van der Waals surface area contributed by atoms with Crippen molar-refractivity contribution in [3.63, 3.8) is 0 Å². The highest BCUT2D eigenvalue weighted by molar-refractivity contribution is 6.42. The van der Waals surface area contributed by atoms with Crippen LogP contribution in [0.1, 0.15) is 44.6 Å². The molecule has 0 saturated heterocycles. The lowest BCUT2D eigenvalue weighted by molar-refractivity contribution is 0.390. The van der Waals surface area contributed by atoms with Crippen LogP contribution < -0.4 is 5.32 Å². The maximum absolute atomic E-state index is 6.29. The fourth-order valence-electron chi connectivity index (χ4n) is 3.15. The van der Waals surface area contributed by atoms with E-state index in [9.17, 15) is 0 Å². The van der Waals surface area contributed by atoms with E-state index in [-0.39, 0.29) is 0 Å². The van der Waals surface area contributed by atoms with E-state index < -0.39 is 0 Å². The molecule has 0 heterocycles. The fraction of sp³-hybridized carbons (Fsp3) is 0.625. The Morgan fingerprint density at radius 3 is 2.68 bits per heavy atom. The van der Waals surface area contributed by atoms with Crippen molar-refractivity contribution >= 4 is 23.2 Å². The lowest BCUT2D eigenvalue weighted by Crippen LogP contribution is -2.32. The molecule has 0 spiro atoms. The Hall–Kier alpha value is -0.240. The molecule has 3 heteroatoms. The number of hydrogen-bond donors (Lipinski definition) is 1. The smallest absolute Gasteiger partial charge is 0.0624 e. The summed E-state index contributed by atoms with van der Waals surface area (Å²) in [6, 6.07) is 6.45. The number of rotatable bonds is 6. The van der Waals surface area contributed by atoms with Crippen molar-refractivity contribution in [1.29, 1.82) is 0 Å². The van der Waals surface area contributed by atoms with E-state index in [4.69, 9.17) is 23.2 Å². The maximum Gasteiger partial charge on any atom is 0.0624 e. The molecule has 1 fully saturated rings. The molecule has 1 atom stereocenters. The summed E-state index contributed by atoms with van der Waals surface area (Å²) in [5.74, 6) is 0.891. The molecule has 1 unspecified atom stereocenters. The number of benzene rings is 1. The summed E-state index contributed by atoms with van der Waals surface area (Å²) < 4.78 is 0. The van der Waals surface area contributed by atoms with Crippen LogP contribution in [-0.4, -0.2) is 12.6 Å². The second kappa shape index (κ2) is 7.52. The topological polar surface area (TPSA) is 12.0 Å². The summed E-state index contributed by atoms with van der Waals surface area (Å²) in [5, 5.41) is 4.99. The first-order valence-corrected chi connectivity index (χ1v) is 8.12. The molecule has 1 saturated carbocycles. The van der Waals surface area contributed by atoms with Crippen LogP contribution in [0.5, 0.6) is 0 Å².